The summed E-state index contributed by atoms with van der Waals surface area (Å²) < 4.78 is 4.94. The van der Waals surface area contributed by atoms with Crippen LogP contribution < -0.4 is 4.74 Å². The molecular weight excluding hydrogens is 152 g/mol. The molecule has 1 rings (SSSR count). The molecule has 12 heavy (non-hydrogen) atoms. The molecule has 0 saturated carbocycles. The van der Waals surface area contributed by atoms with Crippen LogP contribution >= 0.6 is 0 Å². The van der Waals surface area contributed by atoms with Gasteiger partial charge in [-0.1, -0.05) is 18.2 Å². The summed E-state index contributed by atoms with van der Waals surface area (Å²) >= 11 is 0. The van der Waals surface area contributed by atoms with Crippen molar-refractivity contribution >= 4 is 5.57 Å². The van der Waals surface area contributed by atoms with Crippen LogP contribution in [-0.4, -0.2) is 12.2 Å². The molecule has 0 aliphatic carbocycles. The molecule has 64 valence electrons. The fourth-order valence-corrected chi connectivity index (χ4v) is 0.943. The molecule has 1 N–H and O–H groups in total. The van der Waals surface area contributed by atoms with Crippen LogP contribution in [0.2, 0.25) is 0 Å². The number of allylic oxidation sites excluding steroid dienone is 1. The van der Waals surface area contributed by atoms with Gasteiger partial charge < -0.3 is 9.84 Å². The number of phenolic OH excluding ortho intramolecular Hbond substituents is 1. The van der Waals surface area contributed by atoms with Crippen LogP contribution in [0.4, 0.5) is 0 Å². The van der Waals surface area contributed by atoms with Crippen LogP contribution in [-0.2, 0) is 0 Å². The third-order valence-corrected chi connectivity index (χ3v) is 1.67. The Labute approximate surface area is 72.1 Å². The van der Waals surface area contributed by atoms with Gasteiger partial charge in [0, 0.05) is 0 Å². The van der Waals surface area contributed by atoms with Crippen molar-refractivity contribution in [2.45, 2.75) is 6.92 Å². The van der Waals surface area contributed by atoms with E-state index in [-0.39, 0.29) is 5.75 Å². The number of ether oxygens (including phenoxy) is 1. The average Bonchev–Trinajstić information content (AvgIpc) is 2.05. The molecule has 0 amide bonds. The minimum atomic E-state index is 0.155. The lowest BCUT2D eigenvalue weighted by molar-refractivity contribution is 0.373. The Morgan fingerprint density at radius 2 is 2.17 bits per heavy atom. The Balaban J connectivity index is 3.13. The van der Waals surface area contributed by atoms with Crippen LogP contribution in [0.3, 0.4) is 0 Å². The molecular formula is C10H12O2. The van der Waals surface area contributed by atoms with Crippen molar-refractivity contribution in [3.8, 4) is 11.5 Å². The second-order valence-electron chi connectivity index (χ2n) is 2.67. The molecule has 0 aliphatic heterocycles. The predicted molar refractivity (Wildman–Crippen MR) is 49.4 cm³/mol. The lowest BCUT2D eigenvalue weighted by Gasteiger charge is -2.05. The number of hydrogen-bond donors (Lipinski definition) is 1. The molecule has 0 bridgehead atoms. The lowest BCUT2D eigenvalue weighted by atomic mass is 10.1. The number of aromatic hydroxyl groups is 1. The maximum Gasteiger partial charge on any atom is 0.161 e. The summed E-state index contributed by atoms with van der Waals surface area (Å²) in [5.41, 5.74) is 1.93. The third-order valence-electron chi connectivity index (χ3n) is 1.67. The first kappa shape index (κ1) is 8.65. The van der Waals surface area contributed by atoms with Gasteiger partial charge in [-0.2, -0.15) is 0 Å². The van der Waals surface area contributed by atoms with Gasteiger partial charge in [0.25, 0.3) is 0 Å². The van der Waals surface area contributed by atoms with Gasteiger partial charge in [0.1, 0.15) is 0 Å². The van der Waals surface area contributed by atoms with E-state index in [0.29, 0.717) is 5.75 Å². The molecule has 0 radical (unpaired) electrons. The first-order valence-electron chi connectivity index (χ1n) is 3.68. The molecule has 0 aromatic heterocycles. The van der Waals surface area contributed by atoms with Gasteiger partial charge >= 0.3 is 0 Å². The summed E-state index contributed by atoms with van der Waals surface area (Å²) in [6.45, 7) is 5.70. The second kappa shape index (κ2) is 3.30. The summed E-state index contributed by atoms with van der Waals surface area (Å²) in [4.78, 5) is 0. The first-order valence-corrected chi connectivity index (χ1v) is 3.68. The van der Waals surface area contributed by atoms with Crippen molar-refractivity contribution < 1.29 is 9.84 Å². The van der Waals surface area contributed by atoms with Gasteiger partial charge in [0.05, 0.1) is 7.11 Å². The van der Waals surface area contributed by atoms with E-state index in [4.69, 9.17) is 4.74 Å². The molecule has 0 heterocycles. The summed E-state index contributed by atoms with van der Waals surface area (Å²) in [7, 11) is 1.53. The van der Waals surface area contributed by atoms with Gasteiger partial charge in [-0.3, -0.25) is 0 Å². The zero-order valence-corrected chi connectivity index (χ0v) is 7.29. The zero-order valence-electron chi connectivity index (χ0n) is 7.29. The average molecular weight is 164 g/mol. The Morgan fingerprint density at radius 1 is 1.50 bits per heavy atom. The van der Waals surface area contributed by atoms with Gasteiger partial charge in [0.2, 0.25) is 0 Å². The topological polar surface area (TPSA) is 29.5 Å². The van der Waals surface area contributed by atoms with E-state index in [2.05, 4.69) is 6.58 Å². The van der Waals surface area contributed by atoms with Crippen molar-refractivity contribution in [3.63, 3.8) is 0 Å². The van der Waals surface area contributed by atoms with Gasteiger partial charge in [-0.25, -0.2) is 0 Å². The molecule has 0 aliphatic rings. The monoisotopic (exact) mass is 164 g/mol. The molecule has 2 nitrogen and oxygen atoms in total. The summed E-state index contributed by atoms with van der Waals surface area (Å²) in [6, 6.07) is 5.17. The van der Waals surface area contributed by atoms with E-state index >= 15 is 0 Å². The number of phenols is 1. The van der Waals surface area contributed by atoms with Crippen molar-refractivity contribution in [1.82, 2.24) is 0 Å². The minimum absolute atomic E-state index is 0.155. The smallest absolute Gasteiger partial charge is 0.161 e. The Bertz CT molecular complexity index is 303. The van der Waals surface area contributed by atoms with Gasteiger partial charge in [-0.05, 0) is 24.6 Å². The molecule has 1 aromatic rings. The Kier molecular flexibility index (Phi) is 2.38. The molecule has 0 saturated heterocycles. The highest BCUT2D eigenvalue weighted by molar-refractivity contribution is 5.64. The van der Waals surface area contributed by atoms with Crippen LogP contribution in [0.5, 0.6) is 11.5 Å². The maximum absolute atomic E-state index is 9.26. The molecule has 0 atom stereocenters. The van der Waals surface area contributed by atoms with E-state index in [0.717, 1.165) is 11.1 Å². The van der Waals surface area contributed by atoms with E-state index in [1.807, 2.05) is 6.92 Å². The predicted octanol–water partition coefficient (Wildman–Crippen LogP) is 2.43. The molecule has 1 aromatic carbocycles. The number of methoxy groups -OCH3 is 1. The first-order chi connectivity index (χ1) is 5.65. The highest BCUT2D eigenvalue weighted by Crippen LogP contribution is 2.28. The fraction of sp³-hybridized carbons (Fsp3) is 0.200. The quantitative estimate of drug-likeness (QED) is 0.727. The standard InChI is InChI=1S/C10H12O2/c1-7(2)8-4-5-9(11)10(6-8)12-3/h4-6,11H,1H2,2-3H3. The normalized spacial score (nSPS) is 9.50. The summed E-state index contributed by atoms with van der Waals surface area (Å²) in [6.07, 6.45) is 0. The molecule has 0 fully saturated rings. The number of benzene rings is 1. The molecule has 2 heteroatoms. The van der Waals surface area contributed by atoms with E-state index < -0.39 is 0 Å². The second-order valence-corrected chi connectivity index (χ2v) is 2.67. The molecule has 0 unspecified atom stereocenters. The van der Waals surface area contributed by atoms with Crippen LogP contribution in [0.15, 0.2) is 24.8 Å². The zero-order chi connectivity index (χ0) is 9.14. The van der Waals surface area contributed by atoms with E-state index in [9.17, 15) is 5.11 Å². The van der Waals surface area contributed by atoms with Crippen molar-refractivity contribution in [1.29, 1.82) is 0 Å². The third kappa shape index (κ3) is 1.59. The fourth-order valence-electron chi connectivity index (χ4n) is 0.943. The van der Waals surface area contributed by atoms with Crippen LogP contribution in [0, 0.1) is 0 Å². The van der Waals surface area contributed by atoms with Gasteiger partial charge in [0.15, 0.2) is 11.5 Å². The minimum Gasteiger partial charge on any atom is -0.504 e. The van der Waals surface area contributed by atoms with Gasteiger partial charge in [-0.15, -0.1) is 0 Å². The molecule has 0 spiro atoms. The van der Waals surface area contributed by atoms with E-state index in [1.54, 1.807) is 18.2 Å². The summed E-state index contributed by atoms with van der Waals surface area (Å²) in [5.74, 6) is 0.637. The Hall–Kier alpha value is -1.44. The van der Waals surface area contributed by atoms with Crippen LogP contribution in [0.1, 0.15) is 12.5 Å². The van der Waals surface area contributed by atoms with E-state index in [1.165, 1.54) is 7.11 Å². The largest absolute Gasteiger partial charge is 0.504 e. The SMILES string of the molecule is C=C(C)c1ccc(O)c(OC)c1. The lowest BCUT2D eigenvalue weighted by Crippen LogP contribution is -1.85. The van der Waals surface area contributed by atoms with Crippen molar-refractivity contribution in [2.24, 2.45) is 0 Å². The van der Waals surface area contributed by atoms with Crippen molar-refractivity contribution in [3.05, 3.63) is 30.3 Å². The van der Waals surface area contributed by atoms with Crippen LogP contribution in [0.25, 0.3) is 5.57 Å². The summed E-state index contributed by atoms with van der Waals surface area (Å²) in [5, 5.41) is 9.26. The highest BCUT2D eigenvalue weighted by atomic mass is 16.5. The Morgan fingerprint density at radius 3 is 2.67 bits per heavy atom. The number of rotatable bonds is 2. The highest BCUT2D eigenvalue weighted by Gasteiger charge is 2.01. The van der Waals surface area contributed by atoms with Crippen molar-refractivity contribution in [2.75, 3.05) is 7.11 Å². The number of hydrogen-bond acceptors (Lipinski definition) is 2. The maximum atomic E-state index is 9.26.